The van der Waals surface area contributed by atoms with Crippen molar-refractivity contribution in [3.8, 4) is 0 Å². The van der Waals surface area contributed by atoms with E-state index in [4.69, 9.17) is 5.73 Å². The van der Waals surface area contributed by atoms with Crippen molar-refractivity contribution < 1.29 is 4.79 Å². The number of rotatable bonds is 4. The van der Waals surface area contributed by atoms with E-state index >= 15 is 0 Å². The molecule has 0 bridgehead atoms. The maximum atomic E-state index is 11.7. The lowest BCUT2D eigenvalue weighted by atomic mass is 9.93. The number of nitrogens with two attached hydrogens (primary N) is 1. The minimum atomic E-state index is 0.147. The van der Waals surface area contributed by atoms with Gasteiger partial charge < -0.3 is 11.1 Å². The van der Waals surface area contributed by atoms with Gasteiger partial charge >= 0.3 is 0 Å². The molecule has 2 unspecified atom stereocenters. The number of hydrogen-bond acceptors (Lipinski definition) is 2. The Hall–Kier alpha value is -0.830. The Kier molecular flexibility index (Phi) is 4.66. The Balaban J connectivity index is 2.36. The van der Waals surface area contributed by atoms with E-state index in [9.17, 15) is 4.79 Å². The molecule has 80 valence electrons. The summed E-state index contributed by atoms with van der Waals surface area (Å²) in [7, 11) is 0. The third-order valence-electron chi connectivity index (χ3n) is 2.76. The van der Waals surface area contributed by atoms with Gasteiger partial charge in [-0.2, -0.15) is 0 Å². The van der Waals surface area contributed by atoms with Crippen molar-refractivity contribution in [3.63, 3.8) is 0 Å². The van der Waals surface area contributed by atoms with Crippen LogP contribution in [0.25, 0.3) is 0 Å². The number of amides is 1. The molecule has 3 heteroatoms. The summed E-state index contributed by atoms with van der Waals surface area (Å²) in [5.41, 5.74) is 5.53. The molecule has 0 aromatic rings. The van der Waals surface area contributed by atoms with Crippen LogP contribution in [0, 0.1) is 5.92 Å². The topological polar surface area (TPSA) is 55.1 Å². The van der Waals surface area contributed by atoms with E-state index in [2.05, 4.69) is 17.5 Å². The minimum absolute atomic E-state index is 0.147. The molecule has 0 saturated carbocycles. The van der Waals surface area contributed by atoms with Crippen LogP contribution in [0.3, 0.4) is 0 Å². The van der Waals surface area contributed by atoms with Gasteiger partial charge in [0, 0.05) is 18.5 Å². The van der Waals surface area contributed by atoms with Crippen molar-refractivity contribution in [3.05, 3.63) is 12.2 Å². The summed E-state index contributed by atoms with van der Waals surface area (Å²) in [5, 5.41) is 2.99. The molecule has 0 aromatic heterocycles. The third-order valence-corrected chi connectivity index (χ3v) is 2.76. The fourth-order valence-electron chi connectivity index (χ4n) is 1.68. The predicted octanol–water partition coefficient (Wildman–Crippen LogP) is 1.20. The van der Waals surface area contributed by atoms with Gasteiger partial charge in [0.25, 0.3) is 0 Å². The van der Waals surface area contributed by atoms with Gasteiger partial charge in [0.2, 0.25) is 5.91 Å². The number of hydrogen-bond donors (Lipinski definition) is 2. The standard InChI is InChI=1S/C11H20N2O/c1-2-10(8-12)13-11(14)9-6-4-3-5-7-9/h3-4,9-10H,2,5-8,12H2,1H3,(H,13,14). The molecule has 0 spiro atoms. The van der Waals surface area contributed by atoms with E-state index < -0.39 is 0 Å². The first-order valence-electron chi connectivity index (χ1n) is 5.43. The highest BCUT2D eigenvalue weighted by atomic mass is 16.1. The molecule has 0 radical (unpaired) electrons. The van der Waals surface area contributed by atoms with Crippen molar-refractivity contribution in [2.24, 2.45) is 11.7 Å². The SMILES string of the molecule is CCC(CN)NC(=O)C1CC=CCC1. The molecule has 1 amide bonds. The Labute approximate surface area is 85.7 Å². The first-order valence-corrected chi connectivity index (χ1v) is 5.43. The minimum Gasteiger partial charge on any atom is -0.352 e. The van der Waals surface area contributed by atoms with Gasteiger partial charge in [-0.15, -0.1) is 0 Å². The molecule has 0 heterocycles. The maximum absolute atomic E-state index is 11.7. The van der Waals surface area contributed by atoms with Gasteiger partial charge in [-0.3, -0.25) is 4.79 Å². The van der Waals surface area contributed by atoms with Crippen molar-refractivity contribution in [2.75, 3.05) is 6.54 Å². The summed E-state index contributed by atoms with van der Waals surface area (Å²) in [6.45, 7) is 2.57. The van der Waals surface area contributed by atoms with Crippen LogP contribution in [0.5, 0.6) is 0 Å². The highest BCUT2D eigenvalue weighted by Crippen LogP contribution is 2.18. The Morgan fingerprint density at radius 2 is 2.43 bits per heavy atom. The average Bonchev–Trinajstić information content (AvgIpc) is 2.26. The molecule has 0 aromatic carbocycles. The third kappa shape index (κ3) is 3.14. The fraction of sp³-hybridized carbons (Fsp3) is 0.727. The second-order valence-electron chi connectivity index (χ2n) is 3.83. The van der Waals surface area contributed by atoms with Crippen molar-refractivity contribution >= 4 is 5.91 Å². The van der Waals surface area contributed by atoms with Crippen LogP contribution in [0.15, 0.2) is 12.2 Å². The monoisotopic (exact) mass is 196 g/mol. The summed E-state index contributed by atoms with van der Waals surface area (Å²) in [6.07, 6.45) is 8.03. The largest absolute Gasteiger partial charge is 0.352 e. The molecular formula is C11H20N2O. The van der Waals surface area contributed by atoms with Crippen LogP contribution in [-0.2, 0) is 4.79 Å². The zero-order chi connectivity index (χ0) is 10.4. The van der Waals surface area contributed by atoms with E-state index in [0.717, 1.165) is 25.7 Å². The van der Waals surface area contributed by atoms with Crippen LogP contribution < -0.4 is 11.1 Å². The molecule has 3 N–H and O–H groups in total. The number of nitrogens with one attached hydrogen (secondary N) is 1. The quantitative estimate of drug-likeness (QED) is 0.664. The summed E-state index contributed by atoms with van der Waals surface area (Å²) >= 11 is 0. The first kappa shape index (κ1) is 11.2. The number of allylic oxidation sites excluding steroid dienone is 2. The summed E-state index contributed by atoms with van der Waals surface area (Å²) in [5.74, 6) is 0.340. The predicted molar refractivity (Wildman–Crippen MR) is 57.8 cm³/mol. The van der Waals surface area contributed by atoms with Gasteiger partial charge in [-0.05, 0) is 25.7 Å². The van der Waals surface area contributed by atoms with Gasteiger partial charge in [-0.25, -0.2) is 0 Å². The highest BCUT2D eigenvalue weighted by Gasteiger charge is 2.20. The van der Waals surface area contributed by atoms with E-state index in [0.29, 0.717) is 6.54 Å². The zero-order valence-corrected chi connectivity index (χ0v) is 8.83. The molecule has 0 aliphatic heterocycles. The lowest BCUT2D eigenvalue weighted by Crippen LogP contribution is -2.42. The Morgan fingerprint density at radius 1 is 1.64 bits per heavy atom. The zero-order valence-electron chi connectivity index (χ0n) is 8.83. The second kappa shape index (κ2) is 5.81. The average molecular weight is 196 g/mol. The number of carbonyl (C=O) groups is 1. The molecule has 1 aliphatic carbocycles. The molecule has 1 rings (SSSR count). The highest BCUT2D eigenvalue weighted by molar-refractivity contribution is 5.79. The summed E-state index contributed by atoms with van der Waals surface area (Å²) in [4.78, 5) is 11.7. The smallest absolute Gasteiger partial charge is 0.223 e. The Morgan fingerprint density at radius 3 is 2.93 bits per heavy atom. The fourth-order valence-corrected chi connectivity index (χ4v) is 1.68. The Bertz CT molecular complexity index is 209. The number of carbonyl (C=O) groups excluding carboxylic acids is 1. The van der Waals surface area contributed by atoms with E-state index in [-0.39, 0.29) is 17.9 Å². The van der Waals surface area contributed by atoms with E-state index in [1.165, 1.54) is 0 Å². The van der Waals surface area contributed by atoms with Crippen LogP contribution in [0.4, 0.5) is 0 Å². The maximum Gasteiger partial charge on any atom is 0.223 e. The van der Waals surface area contributed by atoms with Crippen LogP contribution in [0.2, 0.25) is 0 Å². The lowest BCUT2D eigenvalue weighted by molar-refractivity contribution is -0.125. The van der Waals surface area contributed by atoms with Crippen molar-refractivity contribution in [1.29, 1.82) is 0 Å². The van der Waals surface area contributed by atoms with Crippen LogP contribution in [0.1, 0.15) is 32.6 Å². The van der Waals surface area contributed by atoms with Gasteiger partial charge in [0.1, 0.15) is 0 Å². The summed E-state index contributed by atoms with van der Waals surface area (Å²) in [6, 6.07) is 0.147. The summed E-state index contributed by atoms with van der Waals surface area (Å²) < 4.78 is 0. The van der Waals surface area contributed by atoms with E-state index in [1.54, 1.807) is 0 Å². The van der Waals surface area contributed by atoms with Crippen molar-refractivity contribution in [1.82, 2.24) is 5.32 Å². The normalized spacial score (nSPS) is 23.1. The lowest BCUT2D eigenvalue weighted by Gasteiger charge is -2.21. The molecule has 1 aliphatic rings. The van der Waals surface area contributed by atoms with Crippen LogP contribution >= 0.6 is 0 Å². The first-order chi connectivity index (χ1) is 6.77. The van der Waals surface area contributed by atoms with Gasteiger partial charge in [-0.1, -0.05) is 19.1 Å². The molecule has 3 nitrogen and oxygen atoms in total. The molecule has 0 saturated heterocycles. The molecule has 14 heavy (non-hydrogen) atoms. The van der Waals surface area contributed by atoms with Crippen LogP contribution in [-0.4, -0.2) is 18.5 Å². The van der Waals surface area contributed by atoms with E-state index in [1.807, 2.05) is 6.92 Å². The second-order valence-corrected chi connectivity index (χ2v) is 3.83. The van der Waals surface area contributed by atoms with Gasteiger partial charge in [0.15, 0.2) is 0 Å². The molecule has 0 fully saturated rings. The van der Waals surface area contributed by atoms with Gasteiger partial charge in [0.05, 0.1) is 0 Å². The van der Waals surface area contributed by atoms with Crippen molar-refractivity contribution in [2.45, 2.75) is 38.6 Å². The molecular weight excluding hydrogens is 176 g/mol. The molecule has 2 atom stereocenters.